The molecule has 2 unspecified atom stereocenters. The Kier molecular flexibility index (Phi) is 9.93. The van der Waals surface area contributed by atoms with Crippen molar-refractivity contribution in [3.8, 4) is 0 Å². The maximum Gasteiger partial charge on any atom is 0.191 e. The summed E-state index contributed by atoms with van der Waals surface area (Å²) >= 11 is 0. The number of nitrogens with zero attached hydrogens (tertiary/aromatic N) is 5. The Hall–Kier alpha value is -0.940. The number of ether oxygens (including phenoxy) is 1. The third kappa shape index (κ3) is 6.84. The van der Waals surface area contributed by atoms with Gasteiger partial charge in [0.05, 0.1) is 6.54 Å². The standard InChI is InChI=1S/C19H35N7O.HI/c1-15(12-25-9-5-4-6-10-25)11-21-19(20-2)22-16-7-8-18-23-17(14-27-3)24-26(18)13-16;/h15-16H,4-14H2,1-3H3,(H2,20,21,22);1H. The number of fused-ring (bicyclic) bond motifs is 1. The Bertz CT molecular complexity index is 615. The number of aryl methyl sites for hydroxylation is 1. The first-order chi connectivity index (χ1) is 13.2. The van der Waals surface area contributed by atoms with Crippen molar-refractivity contribution in [1.29, 1.82) is 0 Å². The highest BCUT2D eigenvalue weighted by Gasteiger charge is 2.22. The van der Waals surface area contributed by atoms with E-state index in [2.05, 4.69) is 37.5 Å². The van der Waals surface area contributed by atoms with Crippen LogP contribution < -0.4 is 10.6 Å². The van der Waals surface area contributed by atoms with Crippen molar-refractivity contribution in [1.82, 2.24) is 30.3 Å². The van der Waals surface area contributed by atoms with Gasteiger partial charge in [-0.05, 0) is 38.3 Å². The predicted molar refractivity (Wildman–Crippen MR) is 122 cm³/mol. The summed E-state index contributed by atoms with van der Waals surface area (Å²) in [4.78, 5) is 11.5. The lowest BCUT2D eigenvalue weighted by Crippen LogP contribution is -2.48. The van der Waals surface area contributed by atoms with Gasteiger partial charge in [-0.3, -0.25) is 4.99 Å². The van der Waals surface area contributed by atoms with Gasteiger partial charge in [-0.2, -0.15) is 5.10 Å². The van der Waals surface area contributed by atoms with Crippen LogP contribution >= 0.6 is 24.0 Å². The molecule has 0 bridgehead atoms. The molecule has 9 heteroatoms. The molecule has 1 aromatic rings. The van der Waals surface area contributed by atoms with Crippen LogP contribution in [0, 0.1) is 5.92 Å². The van der Waals surface area contributed by atoms with Gasteiger partial charge in [0.15, 0.2) is 11.8 Å². The number of aromatic nitrogens is 3. The minimum absolute atomic E-state index is 0. The fraction of sp³-hybridized carbons (Fsp3) is 0.842. The second-order valence-electron chi connectivity index (χ2n) is 7.86. The van der Waals surface area contributed by atoms with Crippen molar-refractivity contribution in [3.05, 3.63) is 11.6 Å². The quantitative estimate of drug-likeness (QED) is 0.334. The smallest absolute Gasteiger partial charge is 0.191 e. The fourth-order valence-corrected chi connectivity index (χ4v) is 3.97. The zero-order valence-electron chi connectivity index (χ0n) is 17.5. The van der Waals surface area contributed by atoms with Crippen LogP contribution in [0.2, 0.25) is 0 Å². The Balaban J connectivity index is 0.00000280. The summed E-state index contributed by atoms with van der Waals surface area (Å²) in [6.45, 7) is 8.21. The van der Waals surface area contributed by atoms with Gasteiger partial charge in [0.25, 0.3) is 0 Å². The highest BCUT2D eigenvalue weighted by molar-refractivity contribution is 14.0. The Morgan fingerprint density at radius 1 is 1.32 bits per heavy atom. The Morgan fingerprint density at radius 3 is 2.82 bits per heavy atom. The minimum atomic E-state index is 0. The van der Waals surface area contributed by atoms with E-state index in [1.807, 2.05) is 11.7 Å². The second kappa shape index (κ2) is 11.9. The molecule has 2 aliphatic rings. The number of methoxy groups -OCH3 is 1. The normalized spacial score (nSPS) is 21.5. The number of nitrogens with one attached hydrogen (secondary N) is 2. The Morgan fingerprint density at radius 2 is 2.11 bits per heavy atom. The monoisotopic (exact) mass is 505 g/mol. The van der Waals surface area contributed by atoms with Gasteiger partial charge in [-0.15, -0.1) is 24.0 Å². The zero-order chi connectivity index (χ0) is 19.1. The van der Waals surface area contributed by atoms with E-state index in [0.717, 1.165) is 50.1 Å². The van der Waals surface area contributed by atoms with Crippen LogP contribution in [-0.2, 0) is 24.3 Å². The first-order valence-electron chi connectivity index (χ1n) is 10.3. The van der Waals surface area contributed by atoms with E-state index in [1.165, 1.54) is 32.4 Å². The van der Waals surface area contributed by atoms with Gasteiger partial charge in [-0.25, -0.2) is 9.67 Å². The van der Waals surface area contributed by atoms with Crippen LogP contribution in [0.15, 0.2) is 4.99 Å². The van der Waals surface area contributed by atoms with Crippen molar-refractivity contribution in [2.75, 3.05) is 40.3 Å². The highest BCUT2D eigenvalue weighted by Crippen LogP contribution is 2.14. The molecular weight excluding hydrogens is 469 g/mol. The number of likely N-dealkylation sites (tertiary alicyclic amines) is 1. The van der Waals surface area contributed by atoms with Gasteiger partial charge in [-0.1, -0.05) is 13.3 Å². The Labute approximate surface area is 185 Å². The summed E-state index contributed by atoms with van der Waals surface area (Å²) in [7, 11) is 3.51. The molecule has 2 N–H and O–H groups in total. The molecule has 2 atom stereocenters. The van der Waals surface area contributed by atoms with Crippen molar-refractivity contribution in [3.63, 3.8) is 0 Å². The second-order valence-corrected chi connectivity index (χ2v) is 7.86. The zero-order valence-corrected chi connectivity index (χ0v) is 19.8. The van der Waals surface area contributed by atoms with Crippen LogP contribution in [0.3, 0.4) is 0 Å². The van der Waals surface area contributed by atoms with Crippen LogP contribution in [0.5, 0.6) is 0 Å². The van der Waals surface area contributed by atoms with Gasteiger partial charge < -0.3 is 20.3 Å². The third-order valence-electron chi connectivity index (χ3n) is 5.38. The van der Waals surface area contributed by atoms with E-state index in [9.17, 15) is 0 Å². The molecule has 0 aromatic carbocycles. The van der Waals surface area contributed by atoms with Gasteiger partial charge in [0.2, 0.25) is 0 Å². The SMILES string of the molecule is CN=C(NCC(C)CN1CCCCC1)NC1CCc2nc(COC)nn2C1.I. The molecule has 0 aliphatic carbocycles. The summed E-state index contributed by atoms with van der Waals surface area (Å²) in [5, 5.41) is 11.6. The molecule has 160 valence electrons. The lowest BCUT2D eigenvalue weighted by molar-refractivity contribution is 0.177. The molecule has 0 radical (unpaired) electrons. The van der Waals surface area contributed by atoms with Crippen molar-refractivity contribution >= 4 is 29.9 Å². The molecule has 1 saturated heterocycles. The number of guanidine groups is 1. The predicted octanol–water partition coefficient (Wildman–Crippen LogP) is 1.64. The van der Waals surface area contributed by atoms with E-state index in [-0.39, 0.29) is 24.0 Å². The molecule has 0 spiro atoms. The summed E-state index contributed by atoms with van der Waals surface area (Å²) < 4.78 is 7.14. The van der Waals surface area contributed by atoms with Crippen molar-refractivity contribution < 1.29 is 4.74 Å². The van der Waals surface area contributed by atoms with Gasteiger partial charge >= 0.3 is 0 Å². The van der Waals surface area contributed by atoms with Crippen molar-refractivity contribution in [2.45, 2.75) is 58.2 Å². The average molecular weight is 505 g/mol. The van der Waals surface area contributed by atoms with E-state index in [0.29, 0.717) is 18.6 Å². The number of aliphatic imine (C=N–C) groups is 1. The largest absolute Gasteiger partial charge is 0.377 e. The first kappa shape index (κ1) is 23.3. The minimum Gasteiger partial charge on any atom is -0.377 e. The van der Waals surface area contributed by atoms with Crippen LogP contribution in [0.4, 0.5) is 0 Å². The summed E-state index contributed by atoms with van der Waals surface area (Å²) in [5.41, 5.74) is 0. The maximum atomic E-state index is 5.14. The number of hydrogen-bond donors (Lipinski definition) is 2. The molecule has 3 rings (SSSR count). The molecule has 0 saturated carbocycles. The lowest BCUT2D eigenvalue weighted by Gasteiger charge is -2.30. The molecule has 1 aromatic heterocycles. The van der Waals surface area contributed by atoms with E-state index < -0.39 is 0 Å². The number of hydrogen-bond acceptors (Lipinski definition) is 5. The van der Waals surface area contributed by atoms with E-state index in [1.54, 1.807) is 7.11 Å². The summed E-state index contributed by atoms with van der Waals surface area (Å²) in [5.74, 6) is 3.30. The first-order valence-corrected chi connectivity index (χ1v) is 10.3. The van der Waals surface area contributed by atoms with Gasteiger partial charge in [0.1, 0.15) is 12.4 Å². The maximum absolute atomic E-state index is 5.14. The molecule has 2 aliphatic heterocycles. The molecule has 28 heavy (non-hydrogen) atoms. The summed E-state index contributed by atoms with van der Waals surface area (Å²) in [6, 6.07) is 0.318. The van der Waals surface area contributed by atoms with Crippen LogP contribution in [0.1, 0.15) is 44.3 Å². The molecule has 1 fully saturated rings. The molecule has 8 nitrogen and oxygen atoms in total. The number of halogens is 1. The number of rotatable bonds is 7. The van der Waals surface area contributed by atoms with E-state index in [4.69, 9.17) is 4.74 Å². The molecule has 3 heterocycles. The highest BCUT2D eigenvalue weighted by atomic mass is 127. The molecule has 0 amide bonds. The molecular formula is C19H36IN7O. The number of piperidine rings is 1. The van der Waals surface area contributed by atoms with E-state index >= 15 is 0 Å². The van der Waals surface area contributed by atoms with Crippen molar-refractivity contribution in [2.24, 2.45) is 10.9 Å². The van der Waals surface area contributed by atoms with Crippen LogP contribution in [-0.4, -0.2) is 72.0 Å². The topological polar surface area (TPSA) is 79.6 Å². The average Bonchev–Trinajstić information content (AvgIpc) is 3.08. The third-order valence-corrected chi connectivity index (χ3v) is 5.38. The lowest BCUT2D eigenvalue weighted by atomic mass is 10.1. The summed E-state index contributed by atoms with van der Waals surface area (Å²) in [6.07, 6.45) is 6.05. The fourth-order valence-electron chi connectivity index (χ4n) is 3.97. The van der Waals surface area contributed by atoms with Crippen LogP contribution in [0.25, 0.3) is 0 Å². The van der Waals surface area contributed by atoms with Gasteiger partial charge in [0, 0.05) is 39.7 Å².